The van der Waals surface area contributed by atoms with Crippen molar-refractivity contribution in [2.75, 3.05) is 0 Å². The van der Waals surface area contributed by atoms with Gasteiger partial charge < -0.3 is 4.74 Å². The smallest absolute Gasteiger partial charge is 0.312 e. The second-order valence-corrected chi connectivity index (χ2v) is 3.46. The third kappa shape index (κ3) is 1.36. The maximum Gasteiger partial charge on any atom is 0.312 e. The number of carbonyl (C=O) groups is 1. The van der Waals surface area contributed by atoms with Crippen molar-refractivity contribution < 1.29 is 19.7 Å². The first-order valence-corrected chi connectivity index (χ1v) is 4.51. The van der Waals surface area contributed by atoms with Crippen LogP contribution in [0.25, 0.3) is 0 Å². The van der Waals surface area contributed by atoms with Crippen LogP contribution in [-0.2, 0) is 14.4 Å². The number of hydrogen-bond acceptors (Lipinski definition) is 4. The van der Waals surface area contributed by atoms with Gasteiger partial charge in [-0.1, -0.05) is 6.08 Å². The van der Waals surface area contributed by atoms with E-state index in [1.165, 1.54) is 0 Å². The second kappa shape index (κ2) is 3.12. The zero-order valence-electron chi connectivity index (χ0n) is 7.28. The lowest BCUT2D eigenvalue weighted by Crippen LogP contribution is -2.43. The van der Waals surface area contributed by atoms with E-state index >= 15 is 0 Å². The minimum atomic E-state index is -1.15. The molecule has 1 saturated carbocycles. The van der Waals surface area contributed by atoms with Crippen molar-refractivity contribution in [2.24, 2.45) is 0 Å². The van der Waals surface area contributed by atoms with Gasteiger partial charge in [-0.3, -0.25) is 4.79 Å². The predicted molar refractivity (Wildman–Crippen MR) is 43.7 cm³/mol. The van der Waals surface area contributed by atoms with Gasteiger partial charge in [-0.25, -0.2) is 5.26 Å². The highest BCUT2D eigenvalue weighted by Crippen LogP contribution is 2.39. The zero-order valence-corrected chi connectivity index (χ0v) is 7.28. The van der Waals surface area contributed by atoms with Gasteiger partial charge in [0.2, 0.25) is 0 Å². The minimum Gasteiger partial charge on any atom is -0.426 e. The van der Waals surface area contributed by atoms with Crippen molar-refractivity contribution in [3.8, 4) is 0 Å². The third-order valence-electron chi connectivity index (χ3n) is 2.63. The average Bonchev–Trinajstić information content (AvgIpc) is 2.17. The van der Waals surface area contributed by atoms with E-state index in [-0.39, 0.29) is 5.97 Å². The first kappa shape index (κ1) is 8.72. The Morgan fingerprint density at radius 2 is 2.38 bits per heavy atom. The fourth-order valence-corrected chi connectivity index (χ4v) is 1.95. The van der Waals surface area contributed by atoms with Crippen molar-refractivity contribution in [1.82, 2.24) is 0 Å². The second-order valence-electron chi connectivity index (χ2n) is 3.46. The van der Waals surface area contributed by atoms with Crippen molar-refractivity contribution >= 4 is 5.97 Å². The fourth-order valence-electron chi connectivity index (χ4n) is 1.95. The Hall–Kier alpha value is -0.870. The Labute approximate surface area is 76.1 Å². The highest BCUT2D eigenvalue weighted by molar-refractivity contribution is 5.73. The summed E-state index contributed by atoms with van der Waals surface area (Å²) in [7, 11) is 0. The number of ether oxygens (including phenoxy) is 1. The average molecular weight is 184 g/mol. The Morgan fingerprint density at radius 3 is 3.15 bits per heavy atom. The quantitative estimate of drug-likeness (QED) is 0.291. The van der Waals surface area contributed by atoms with Crippen LogP contribution in [0.5, 0.6) is 0 Å². The Balaban J connectivity index is 2.29. The molecule has 1 fully saturated rings. The monoisotopic (exact) mass is 184 g/mol. The Bertz CT molecular complexity index is 258. The van der Waals surface area contributed by atoms with Crippen molar-refractivity contribution in [3.05, 3.63) is 11.6 Å². The molecule has 1 aliphatic carbocycles. The molecule has 1 aliphatic heterocycles. The van der Waals surface area contributed by atoms with Gasteiger partial charge in [0.1, 0.15) is 0 Å². The molecule has 0 amide bonds. The summed E-state index contributed by atoms with van der Waals surface area (Å²) < 4.78 is 5.05. The molecule has 0 aromatic rings. The lowest BCUT2D eigenvalue weighted by atomic mass is 9.87. The summed E-state index contributed by atoms with van der Waals surface area (Å²) in [6.07, 6.45) is 5.47. The summed E-state index contributed by atoms with van der Waals surface area (Å²) >= 11 is 0. The van der Waals surface area contributed by atoms with Crippen LogP contribution in [0.4, 0.5) is 0 Å². The Morgan fingerprint density at radius 1 is 1.54 bits per heavy atom. The van der Waals surface area contributed by atoms with Crippen LogP contribution >= 0.6 is 0 Å². The van der Waals surface area contributed by atoms with Gasteiger partial charge in [0.25, 0.3) is 5.79 Å². The molecule has 13 heavy (non-hydrogen) atoms. The van der Waals surface area contributed by atoms with Crippen molar-refractivity contribution in [3.63, 3.8) is 0 Å². The van der Waals surface area contributed by atoms with E-state index in [1.807, 2.05) is 0 Å². The molecule has 0 bridgehead atoms. The number of fused-ring (bicyclic) bond motifs is 1. The predicted octanol–water partition coefficient (Wildman–Crippen LogP) is 1.62. The molecule has 1 unspecified atom stereocenters. The van der Waals surface area contributed by atoms with E-state index in [4.69, 9.17) is 9.99 Å². The summed E-state index contributed by atoms with van der Waals surface area (Å²) in [5.74, 6) is -1.48. The van der Waals surface area contributed by atoms with E-state index in [0.717, 1.165) is 24.8 Å². The third-order valence-corrected chi connectivity index (χ3v) is 2.63. The van der Waals surface area contributed by atoms with Gasteiger partial charge in [0.15, 0.2) is 0 Å². The molecule has 2 aliphatic rings. The van der Waals surface area contributed by atoms with Gasteiger partial charge >= 0.3 is 5.97 Å². The summed E-state index contributed by atoms with van der Waals surface area (Å²) in [5, 5.41) is 8.78. The summed E-state index contributed by atoms with van der Waals surface area (Å²) in [6, 6.07) is 0. The van der Waals surface area contributed by atoms with E-state index in [0.29, 0.717) is 12.8 Å². The molecular formula is C9H12O4. The summed E-state index contributed by atoms with van der Waals surface area (Å²) in [6.45, 7) is 0. The minimum absolute atomic E-state index is 0.292. The number of rotatable bonds is 1. The molecule has 0 aromatic heterocycles. The van der Waals surface area contributed by atoms with E-state index < -0.39 is 5.79 Å². The van der Waals surface area contributed by atoms with Gasteiger partial charge in [0.05, 0.1) is 6.42 Å². The number of esters is 1. The lowest BCUT2D eigenvalue weighted by molar-refractivity contribution is -0.383. The highest BCUT2D eigenvalue weighted by atomic mass is 17.1. The molecule has 72 valence electrons. The fraction of sp³-hybridized carbons (Fsp3) is 0.667. The van der Waals surface area contributed by atoms with Crippen LogP contribution in [0.15, 0.2) is 11.6 Å². The normalized spacial score (nSPS) is 33.3. The molecule has 0 saturated heterocycles. The van der Waals surface area contributed by atoms with Gasteiger partial charge in [0, 0.05) is 12.0 Å². The van der Waals surface area contributed by atoms with Crippen LogP contribution in [0, 0.1) is 0 Å². The van der Waals surface area contributed by atoms with Crippen LogP contribution < -0.4 is 0 Å². The first-order chi connectivity index (χ1) is 6.27. The zero-order chi connectivity index (χ0) is 9.31. The largest absolute Gasteiger partial charge is 0.426 e. The number of hydrogen-bond donors (Lipinski definition) is 1. The molecule has 1 heterocycles. The molecule has 0 aromatic carbocycles. The Kier molecular flexibility index (Phi) is 2.09. The van der Waals surface area contributed by atoms with Crippen LogP contribution in [0.3, 0.4) is 0 Å². The molecule has 4 nitrogen and oxygen atoms in total. The molecular weight excluding hydrogens is 172 g/mol. The first-order valence-electron chi connectivity index (χ1n) is 4.51. The summed E-state index contributed by atoms with van der Waals surface area (Å²) in [4.78, 5) is 15.4. The molecule has 1 N–H and O–H groups in total. The highest BCUT2D eigenvalue weighted by Gasteiger charge is 2.44. The maximum absolute atomic E-state index is 11.0. The lowest BCUT2D eigenvalue weighted by Gasteiger charge is -2.37. The van der Waals surface area contributed by atoms with Gasteiger partial charge in [-0.05, 0) is 19.3 Å². The number of carbonyl (C=O) groups excluding carboxylic acids is 1. The SMILES string of the molecule is O=C1CC=C2CCCCC2(OO)O1. The molecule has 4 heteroatoms. The molecule has 0 radical (unpaired) electrons. The molecule has 2 rings (SSSR count). The van der Waals surface area contributed by atoms with E-state index in [9.17, 15) is 4.79 Å². The van der Waals surface area contributed by atoms with Gasteiger partial charge in [-0.15, -0.1) is 0 Å². The van der Waals surface area contributed by atoms with E-state index in [1.54, 1.807) is 6.08 Å². The standard InChI is InChI=1S/C9H12O4/c10-8-5-4-7-3-1-2-6-9(7,12-8)13-11/h4,11H,1-3,5-6H2. The van der Waals surface area contributed by atoms with Crippen molar-refractivity contribution in [2.45, 2.75) is 37.9 Å². The van der Waals surface area contributed by atoms with Crippen LogP contribution in [0.1, 0.15) is 32.1 Å². The topological polar surface area (TPSA) is 55.8 Å². The van der Waals surface area contributed by atoms with Crippen LogP contribution in [-0.4, -0.2) is 17.0 Å². The van der Waals surface area contributed by atoms with Crippen LogP contribution in [0.2, 0.25) is 0 Å². The molecule has 1 atom stereocenters. The summed E-state index contributed by atoms with van der Waals surface area (Å²) in [5.41, 5.74) is 0.904. The molecule has 0 spiro atoms. The van der Waals surface area contributed by atoms with E-state index in [2.05, 4.69) is 4.89 Å². The van der Waals surface area contributed by atoms with Gasteiger partial charge in [-0.2, -0.15) is 4.89 Å². The van der Waals surface area contributed by atoms with Crippen molar-refractivity contribution in [1.29, 1.82) is 0 Å². The maximum atomic E-state index is 11.0.